The van der Waals surface area contributed by atoms with E-state index in [0.29, 0.717) is 10.9 Å². The number of carbonyl (C=O) groups excluding carboxylic acids is 1. The molecule has 23 heavy (non-hydrogen) atoms. The van der Waals surface area contributed by atoms with Crippen LogP contribution in [0.1, 0.15) is 15.9 Å². The molecule has 0 aliphatic rings. The predicted molar refractivity (Wildman–Crippen MR) is 89.4 cm³/mol. The SMILES string of the molecule is Cc1ccc2[nH]c(O)c(N=NC(=O)c3ccccc3O)c2c1Br. The summed E-state index contributed by atoms with van der Waals surface area (Å²) in [5.41, 5.74) is 1.84. The molecule has 0 bridgehead atoms. The molecule has 1 amide bonds. The summed E-state index contributed by atoms with van der Waals surface area (Å²) in [6, 6.07) is 9.76. The summed E-state index contributed by atoms with van der Waals surface area (Å²) in [5.74, 6) is -1.04. The van der Waals surface area contributed by atoms with Crippen LogP contribution in [-0.2, 0) is 0 Å². The molecule has 3 aromatic rings. The molecule has 0 radical (unpaired) electrons. The molecule has 0 spiro atoms. The highest BCUT2D eigenvalue weighted by atomic mass is 79.9. The first-order valence-corrected chi connectivity index (χ1v) is 7.52. The van der Waals surface area contributed by atoms with Gasteiger partial charge in [-0.1, -0.05) is 18.2 Å². The van der Waals surface area contributed by atoms with Crippen LogP contribution in [0.15, 0.2) is 51.1 Å². The standard InChI is InChI=1S/C16H12BrN3O3/c1-8-6-7-10-12(13(8)17)14(16(23)18-10)19-20-15(22)9-4-2-3-5-11(9)21/h2-7,18,21,23H,1H3. The van der Waals surface area contributed by atoms with E-state index >= 15 is 0 Å². The molecular formula is C16H12BrN3O3. The van der Waals surface area contributed by atoms with Crippen LogP contribution in [0.25, 0.3) is 10.9 Å². The van der Waals surface area contributed by atoms with Crippen molar-refractivity contribution in [2.24, 2.45) is 10.2 Å². The molecular weight excluding hydrogens is 362 g/mol. The third-order valence-corrected chi connectivity index (χ3v) is 4.45. The second kappa shape index (κ2) is 5.85. The largest absolute Gasteiger partial charge is 0.507 e. The molecule has 6 nitrogen and oxygen atoms in total. The van der Waals surface area contributed by atoms with Crippen LogP contribution in [0.4, 0.5) is 5.69 Å². The Labute approximate surface area is 139 Å². The van der Waals surface area contributed by atoms with Crippen molar-refractivity contribution in [3.8, 4) is 11.6 Å². The molecule has 2 aromatic carbocycles. The number of rotatable bonds is 2. The minimum absolute atomic E-state index is 0.0471. The molecule has 0 saturated heterocycles. The number of hydrogen-bond donors (Lipinski definition) is 3. The van der Waals surface area contributed by atoms with Gasteiger partial charge < -0.3 is 15.2 Å². The average Bonchev–Trinajstić information content (AvgIpc) is 2.85. The fraction of sp³-hybridized carbons (Fsp3) is 0.0625. The fourth-order valence-electron chi connectivity index (χ4n) is 2.22. The summed E-state index contributed by atoms with van der Waals surface area (Å²) < 4.78 is 0.760. The number of nitrogens with zero attached hydrogens (tertiary/aromatic N) is 2. The molecule has 3 N–H and O–H groups in total. The number of H-pyrrole nitrogens is 1. The van der Waals surface area contributed by atoms with E-state index in [9.17, 15) is 15.0 Å². The topological polar surface area (TPSA) is 98.0 Å². The molecule has 0 fully saturated rings. The predicted octanol–water partition coefficient (Wildman–Crippen LogP) is 4.57. The van der Waals surface area contributed by atoms with Crippen molar-refractivity contribution >= 4 is 38.4 Å². The number of phenolic OH excluding ortho intramolecular Hbond substituents is 1. The monoisotopic (exact) mass is 373 g/mol. The van der Waals surface area contributed by atoms with Gasteiger partial charge in [-0.2, -0.15) is 0 Å². The molecule has 1 heterocycles. The minimum atomic E-state index is -0.694. The van der Waals surface area contributed by atoms with Crippen molar-refractivity contribution in [1.82, 2.24) is 4.98 Å². The van der Waals surface area contributed by atoms with Crippen molar-refractivity contribution in [3.05, 3.63) is 52.0 Å². The number of benzene rings is 2. The highest BCUT2D eigenvalue weighted by molar-refractivity contribution is 9.10. The van der Waals surface area contributed by atoms with Crippen LogP contribution in [0, 0.1) is 6.92 Å². The average molecular weight is 374 g/mol. The van der Waals surface area contributed by atoms with Gasteiger partial charge >= 0.3 is 0 Å². The second-order valence-corrected chi connectivity index (χ2v) is 5.76. The lowest BCUT2D eigenvalue weighted by atomic mass is 10.1. The van der Waals surface area contributed by atoms with Gasteiger partial charge in [0.15, 0.2) is 5.69 Å². The quantitative estimate of drug-likeness (QED) is 0.573. The summed E-state index contributed by atoms with van der Waals surface area (Å²) in [7, 11) is 0. The number of aromatic amines is 1. The van der Waals surface area contributed by atoms with Crippen molar-refractivity contribution in [2.45, 2.75) is 6.92 Å². The maximum atomic E-state index is 12.0. The zero-order valence-electron chi connectivity index (χ0n) is 12.0. The van der Waals surface area contributed by atoms with Gasteiger partial charge in [-0.15, -0.1) is 10.2 Å². The Hall–Kier alpha value is -2.67. The van der Waals surface area contributed by atoms with E-state index in [-0.39, 0.29) is 22.9 Å². The zero-order chi connectivity index (χ0) is 16.6. The van der Waals surface area contributed by atoms with Gasteiger partial charge in [0.2, 0.25) is 5.88 Å². The third-order valence-electron chi connectivity index (χ3n) is 3.42. The lowest BCUT2D eigenvalue weighted by Crippen LogP contribution is -1.93. The Morgan fingerprint density at radius 1 is 1.17 bits per heavy atom. The Morgan fingerprint density at radius 3 is 2.65 bits per heavy atom. The van der Waals surface area contributed by atoms with Gasteiger partial charge in [0.05, 0.1) is 11.1 Å². The third kappa shape index (κ3) is 2.70. The number of aromatic hydroxyl groups is 2. The normalized spacial score (nSPS) is 11.4. The van der Waals surface area contributed by atoms with Crippen LogP contribution in [-0.4, -0.2) is 21.1 Å². The molecule has 0 atom stereocenters. The van der Waals surface area contributed by atoms with E-state index < -0.39 is 5.91 Å². The van der Waals surface area contributed by atoms with Crippen molar-refractivity contribution < 1.29 is 15.0 Å². The highest BCUT2D eigenvalue weighted by Crippen LogP contribution is 2.41. The van der Waals surface area contributed by atoms with Gasteiger partial charge in [-0.25, -0.2) is 0 Å². The number of para-hydroxylation sites is 1. The smallest absolute Gasteiger partial charge is 0.299 e. The van der Waals surface area contributed by atoms with Crippen LogP contribution >= 0.6 is 15.9 Å². The summed E-state index contributed by atoms with van der Waals surface area (Å²) in [5, 5.41) is 27.8. The van der Waals surface area contributed by atoms with Crippen molar-refractivity contribution in [1.29, 1.82) is 0 Å². The number of aryl methyl sites for hydroxylation is 1. The zero-order valence-corrected chi connectivity index (χ0v) is 13.6. The number of phenols is 1. The van der Waals surface area contributed by atoms with Crippen LogP contribution in [0.5, 0.6) is 11.6 Å². The molecule has 3 rings (SSSR count). The summed E-state index contributed by atoms with van der Waals surface area (Å²) in [6.45, 7) is 1.90. The fourth-order valence-corrected chi connectivity index (χ4v) is 2.76. The van der Waals surface area contributed by atoms with E-state index in [1.807, 2.05) is 13.0 Å². The Balaban J connectivity index is 2.05. The number of carbonyl (C=O) groups is 1. The van der Waals surface area contributed by atoms with Crippen LogP contribution in [0.2, 0.25) is 0 Å². The van der Waals surface area contributed by atoms with Gasteiger partial charge in [0.1, 0.15) is 5.75 Å². The summed E-state index contributed by atoms with van der Waals surface area (Å²) >= 11 is 3.45. The number of fused-ring (bicyclic) bond motifs is 1. The molecule has 1 aromatic heterocycles. The lowest BCUT2D eigenvalue weighted by molar-refractivity contribution is 0.0992. The number of nitrogens with one attached hydrogen (secondary N) is 1. The summed E-state index contributed by atoms with van der Waals surface area (Å²) in [6.07, 6.45) is 0. The molecule has 0 aliphatic carbocycles. The van der Waals surface area contributed by atoms with E-state index in [1.54, 1.807) is 18.2 Å². The van der Waals surface area contributed by atoms with Gasteiger partial charge in [0, 0.05) is 9.86 Å². The first-order valence-electron chi connectivity index (χ1n) is 6.73. The number of hydrogen-bond acceptors (Lipinski definition) is 4. The maximum absolute atomic E-state index is 12.0. The summed E-state index contributed by atoms with van der Waals surface area (Å²) in [4.78, 5) is 14.8. The number of azo groups is 1. The van der Waals surface area contributed by atoms with Crippen LogP contribution in [0.3, 0.4) is 0 Å². The first-order chi connectivity index (χ1) is 11.0. The Morgan fingerprint density at radius 2 is 1.91 bits per heavy atom. The van der Waals surface area contributed by atoms with Crippen LogP contribution < -0.4 is 0 Å². The number of amides is 1. The van der Waals surface area contributed by atoms with Crippen molar-refractivity contribution in [3.63, 3.8) is 0 Å². The lowest BCUT2D eigenvalue weighted by Gasteiger charge is -2.00. The van der Waals surface area contributed by atoms with Crippen molar-refractivity contribution in [2.75, 3.05) is 0 Å². The Kier molecular flexibility index (Phi) is 3.87. The molecule has 0 unspecified atom stereocenters. The number of aromatic nitrogens is 1. The molecule has 116 valence electrons. The minimum Gasteiger partial charge on any atom is -0.507 e. The number of halogens is 1. The van der Waals surface area contributed by atoms with Gasteiger partial charge in [-0.05, 0) is 46.6 Å². The first kappa shape index (κ1) is 15.2. The van der Waals surface area contributed by atoms with Gasteiger partial charge in [-0.3, -0.25) is 4.79 Å². The molecule has 7 heteroatoms. The van der Waals surface area contributed by atoms with E-state index in [1.165, 1.54) is 12.1 Å². The second-order valence-electron chi connectivity index (χ2n) is 4.96. The highest BCUT2D eigenvalue weighted by Gasteiger charge is 2.16. The molecule has 0 saturated carbocycles. The Bertz CT molecular complexity index is 947. The molecule has 0 aliphatic heterocycles. The van der Waals surface area contributed by atoms with E-state index in [4.69, 9.17) is 0 Å². The van der Waals surface area contributed by atoms with E-state index in [2.05, 4.69) is 31.1 Å². The maximum Gasteiger partial charge on any atom is 0.299 e. The van der Waals surface area contributed by atoms with Gasteiger partial charge in [0.25, 0.3) is 5.91 Å². The van der Waals surface area contributed by atoms with E-state index in [0.717, 1.165) is 10.0 Å².